The van der Waals surface area contributed by atoms with E-state index in [1.54, 1.807) is 18.2 Å². The molecule has 2 aromatic rings. The van der Waals surface area contributed by atoms with Crippen LogP contribution in [0.4, 0.5) is 0 Å². The number of fused-ring (bicyclic) bond motifs is 1. The Labute approximate surface area is 78.0 Å². The van der Waals surface area contributed by atoms with E-state index in [4.69, 9.17) is 9.79 Å². The van der Waals surface area contributed by atoms with Crippen molar-refractivity contribution in [2.24, 2.45) is 0 Å². The highest BCUT2D eigenvalue weighted by Gasteiger charge is 2.21. The zero-order valence-corrected chi connectivity index (χ0v) is 8.13. The van der Waals surface area contributed by atoms with Crippen LogP contribution in [0.15, 0.2) is 24.3 Å². The average molecular weight is 215 g/mol. The summed E-state index contributed by atoms with van der Waals surface area (Å²) in [4.78, 5) is 21.5. The fourth-order valence-corrected chi connectivity index (χ4v) is 2.70. The molecular formula is C7H6NO3PS. The first-order valence-electron chi connectivity index (χ1n) is 3.49. The molecule has 0 aliphatic carbocycles. The molecule has 2 N–H and O–H groups in total. The van der Waals surface area contributed by atoms with Gasteiger partial charge in [-0.1, -0.05) is 12.1 Å². The van der Waals surface area contributed by atoms with Gasteiger partial charge < -0.3 is 9.79 Å². The van der Waals surface area contributed by atoms with E-state index in [0.29, 0.717) is 5.52 Å². The molecule has 0 saturated carbocycles. The summed E-state index contributed by atoms with van der Waals surface area (Å²) in [5.74, 6) is 0. The number of thiazole rings is 1. The Morgan fingerprint density at radius 1 is 1.31 bits per heavy atom. The lowest BCUT2D eigenvalue weighted by molar-refractivity contribution is 0.387. The summed E-state index contributed by atoms with van der Waals surface area (Å²) in [6, 6.07) is 7.10. The van der Waals surface area contributed by atoms with Gasteiger partial charge in [0.05, 0.1) is 10.2 Å². The smallest absolute Gasteiger partial charge is 0.319 e. The van der Waals surface area contributed by atoms with Crippen LogP contribution < -0.4 is 4.75 Å². The van der Waals surface area contributed by atoms with E-state index in [-0.39, 0.29) is 4.75 Å². The summed E-state index contributed by atoms with van der Waals surface area (Å²) >= 11 is 1.03. The second-order valence-corrected chi connectivity index (χ2v) is 5.35. The minimum Gasteiger partial charge on any atom is -0.319 e. The van der Waals surface area contributed by atoms with Gasteiger partial charge in [-0.25, -0.2) is 4.98 Å². The minimum absolute atomic E-state index is 0.117. The van der Waals surface area contributed by atoms with Gasteiger partial charge in [-0.3, -0.25) is 4.57 Å². The SMILES string of the molecule is O=P(O)(O)c1nc2ccccc2s1. The molecule has 0 unspecified atom stereocenters. The molecule has 2 rings (SSSR count). The maximum atomic E-state index is 10.8. The van der Waals surface area contributed by atoms with Crippen LogP contribution >= 0.6 is 18.9 Å². The molecule has 0 radical (unpaired) electrons. The van der Waals surface area contributed by atoms with Gasteiger partial charge in [-0.05, 0) is 12.1 Å². The predicted molar refractivity (Wildman–Crippen MR) is 51.3 cm³/mol. The summed E-state index contributed by atoms with van der Waals surface area (Å²) in [6.07, 6.45) is 0. The second kappa shape index (κ2) is 2.89. The van der Waals surface area contributed by atoms with Gasteiger partial charge in [-0.2, -0.15) is 0 Å². The Morgan fingerprint density at radius 2 is 2.00 bits per heavy atom. The first-order valence-corrected chi connectivity index (χ1v) is 5.92. The molecule has 1 aromatic heterocycles. The summed E-state index contributed by atoms with van der Waals surface area (Å²) < 4.78 is 11.5. The standard InChI is InChI=1S/C7H6NO3PS/c9-12(10,11)7-8-5-3-1-2-4-6(5)13-7/h1-4H,(H2,9,10,11). The lowest BCUT2D eigenvalue weighted by Gasteiger charge is -1.94. The van der Waals surface area contributed by atoms with Crippen molar-refractivity contribution in [3.63, 3.8) is 0 Å². The predicted octanol–water partition coefficient (Wildman–Crippen LogP) is 1.10. The highest BCUT2D eigenvalue weighted by molar-refractivity contribution is 7.67. The van der Waals surface area contributed by atoms with E-state index < -0.39 is 7.60 Å². The molecule has 0 atom stereocenters. The third kappa shape index (κ3) is 1.64. The Kier molecular flexibility index (Phi) is 1.96. The normalized spacial score (nSPS) is 12.2. The van der Waals surface area contributed by atoms with E-state index in [1.165, 1.54) is 0 Å². The van der Waals surface area contributed by atoms with Crippen molar-refractivity contribution < 1.29 is 14.4 Å². The zero-order chi connectivity index (χ0) is 9.47. The summed E-state index contributed by atoms with van der Waals surface area (Å²) in [5, 5.41) is 0. The van der Waals surface area contributed by atoms with Crippen molar-refractivity contribution in [3.8, 4) is 0 Å². The van der Waals surface area contributed by atoms with Crippen LogP contribution in [0.5, 0.6) is 0 Å². The van der Waals surface area contributed by atoms with Crippen molar-refractivity contribution in [3.05, 3.63) is 24.3 Å². The summed E-state index contributed by atoms with van der Waals surface area (Å²) in [5.41, 5.74) is 0.630. The lowest BCUT2D eigenvalue weighted by atomic mass is 10.3. The fourth-order valence-electron chi connectivity index (χ4n) is 0.985. The second-order valence-electron chi connectivity index (χ2n) is 2.51. The van der Waals surface area contributed by atoms with Gasteiger partial charge in [-0.15, -0.1) is 11.3 Å². The highest BCUT2D eigenvalue weighted by atomic mass is 32.1. The van der Waals surface area contributed by atoms with Gasteiger partial charge in [0, 0.05) is 0 Å². The van der Waals surface area contributed by atoms with Gasteiger partial charge in [0.25, 0.3) is 0 Å². The van der Waals surface area contributed by atoms with E-state index >= 15 is 0 Å². The van der Waals surface area contributed by atoms with Crippen LogP contribution in [0.3, 0.4) is 0 Å². The molecule has 6 heteroatoms. The van der Waals surface area contributed by atoms with E-state index in [0.717, 1.165) is 16.0 Å². The van der Waals surface area contributed by atoms with Crippen LogP contribution in [-0.4, -0.2) is 14.8 Å². The van der Waals surface area contributed by atoms with Gasteiger partial charge >= 0.3 is 7.60 Å². The maximum Gasteiger partial charge on any atom is 0.384 e. The van der Waals surface area contributed by atoms with E-state index in [1.807, 2.05) is 6.07 Å². The third-order valence-electron chi connectivity index (χ3n) is 1.53. The van der Waals surface area contributed by atoms with E-state index in [2.05, 4.69) is 4.98 Å². The Balaban J connectivity index is 2.69. The molecular weight excluding hydrogens is 209 g/mol. The van der Waals surface area contributed by atoms with Crippen molar-refractivity contribution in [2.75, 3.05) is 0 Å². The molecule has 0 amide bonds. The summed E-state index contributed by atoms with van der Waals surface area (Å²) in [7, 11) is -4.18. The van der Waals surface area contributed by atoms with Gasteiger partial charge in [0.15, 0.2) is 0 Å². The number of aromatic nitrogens is 1. The maximum absolute atomic E-state index is 10.8. The van der Waals surface area contributed by atoms with E-state index in [9.17, 15) is 4.57 Å². The molecule has 1 aromatic carbocycles. The van der Waals surface area contributed by atoms with Crippen LogP contribution in [0.1, 0.15) is 0 Å². The Bertz CT molecular complexity index is 456. The molecule has 0 saturated heterocycles. The first kappa shape index (κ1) is 8.84. The number of hydrogen-bond acceptors (Lipinski definition) is 3. The Hall–Kier alpha value is -0.740. The van der Waals surface area contributed by atoms with Gasteiger partial charge in [0.1, 0.15) is 0 Å². The van der Waals surface area contributed by atoms with Crippen molar-refractivity contribution >= 4 is 33.9 Å². The van der Waals surface area contributed by atoms with Crippen molar-refractivity contribution in [1.29, 1.82) is 0 Å². The van der Waals surface area contributed by atoms with Crippen molar-refractivity contribution in [1.82, 2.24) is 4.98 Å². The number of nitrogens with zero attached hydrogens (tertiary/aromatic N) is 1. The van der Waals surface area contributed by atoms with Crippen LogP contribution in [0.25, 0.3) is 10.2 Å². The number of para-hydroxylation sites is 1. The fraction of sp³-hybridized carbons (Fsp3) is 0. The average Bonchev–Trinajstić information content (AvgIpc) is 2.45. The Morgan fingerprint density at radius 3 is 2.62 bits per heavy atom. The summed E-state index contributed by atoms with van der Waals surface area (Å²) in [6.45, 7) is 0. The molecule has 1 heterocycles. The third-order valence-corrected chi connectivity index (χ3v) is 3.96. The topological polar surface area (TPSA) is 70.4 Å². The quantitative estimate of drug-likeness (QED) is 0.699. The molecule has 0 bridgehead atoms. The molecule has 0 fully saturated rings. The van der Waals surface area contributed by atoms with Crippen LogP contribution in [-0.2, 0) is 4.57 Å². The highest BCUT2D eigenvalue weighted by Crippen LogP contribution is 2.36. The molecule has 4 nitrogen and oxygen atoms in total. The molecule has 0 spiro atoms. The minimum atomic E-state index is -4.18. The first-order chi connectivity index (χ1) is 6.07. The number of benzene rings is 1. The van der Waals surface area contributed by atoms with Crippen LogP contribution in [0, 0.1) is 0 Å². The number of hydrogen-bond donors (Lipinski definition) is 2. The monoisotopic (exact) mass is 215 g/mol. The lowest BCUT2D eigenvalue weighted by Crippen LogP contribution is -2.00. The van der Waals surface area contributed by atoms with Gasteiger partial charge in [0.2, 0.25) is 4.75 Å². The zero-order valence-electron chi connectivity index (χ0n) is 6.41. The number of rotatable bonds is 1. The van der Waals surface area contributed by atoms with Crippen LogP contribution in [0.2, 0.25) is 0 Å². The molecule has 0 aliphatic rings. The van der Waals surface area contributed by atoms with Crippen molar-refractivity contribution in [2.45, 2.75) is 0 Å². The molecule has 0 aliphatic heterocycles. The molecule has 13 heavy (non-hydrogen) atoms. The molecule has 68 valence electrons. The largest absolute Gasteiger partial charge is 0.384 e.